The largest absolute Gasteiger partial charge is 0.328 e. The summed E-state index contributed by atoms with van der Waals surface area (Å²) in [5.74, 6) is 0.804. The van der Waals surface area contributed by atoms with Gasteiger partial charge in [0.2, 0.25) is 5.91 Å². The molecule has 0 aliphatic carbocycles. The molecule has 0 saturated carbocycles. The van der Waals surface area contributed by atoms with E-state index in [9.17, 15) is 9.59 Å². The Morgan fingerprint density at radius 2 is 1.82 bits per heavy atom. The highest BCUT2D eigenvalue weighted by molar-refractivity contribution is 7.99. The maximum absolute atomic E-state index is 13.1. The molecule has 2 heterocycles. The van der Waals surface area contributed by atoms with Crippen molar-refractivity contribution in [3.63, 3.8) is 0 Å². The summed E-state index contributed by atoms with van der Waals surface area (Å²) < 4.78 is 1.88. The molecule has 172 valence electrons. The summed E-state index contributed by atoms with van der Waals surface area (Å²) >= 11 is 7.29. The number of carbonyl (C=O) groups excluding carboxylic acids is 2. The molecule has 7 nitrogen and oxygen atoms in total. The van der Waals surface area contributed by atoms with Crippen molar-refractivity contribution in [2.45, 2.75) is 37.9 Å². The van der Waals surface area contributed by atoms with Gasteiger partial charge < -0.3 is 14.8 Å². The zero-order chi connectivity index (χ0) is 23.5. The summed E-state index contributed by atoms with van der Waals surface area (Å²) in [5.41, 5.74) is 3.60. The standard InChI is InChI=1S/C24H26ClN5O2S/c1-15-11-16(2)13-19(12-15)26-21(31)14-33-24-28-27-22(29(24)3)20-5-4-10-30(20)23(32)17-6-8-18(25)9-7-17/h6-9,11-13,20H,4-5,10,14H2,1-3H3,(H,26,31). The number of hydrogen-bond donors (Lipinski definition) is 1. The fourth-order valence-corrected chi connectivity index (χ4v) is 5.00. The minimum Gasteiger partial charge on any atom is -0.328 e. The van der Waals surface area contributed by atoms with Gasteiger partial charge in [0.1, 0.15) is 0 Å². The van der Waals surface area contributed by atoms with E-state index >= 15 is 0 Å². The SMILES string of the molecule is Cc1cc(C)cc(NC(=O)CSc2nnc(C3CCCN3C(=O)c3ccc(Cl)cc3)n2C)c1. The van der Waals surface area contributed by atoms with Crippen LogP contribution in [0, 0.1) is 13.8 Å². The molecule has 1 unspecified atom stereocenters. The molecule has 2 amide bonds. The predicted molar refractivity (Wildman–Crippen MR) is 131 cm³/mol. The second-order valence-electron chi connectivity index (χ2n) is 8.28. The highest BCUT2D eigenvalue weighted by Crippen LogP contribution is 2.33. The van der Waals surface area contributed by atoms with Crippen molar-refractivity contribution in [2.75, 3.05) is 17.6 Å². The fraction of sp³-hybridized carbons (Fsp3) is 0.333. The van der Waals surface area contributed by atoms with Crippen LogP contribution in [0.1, 0.15) is 46.2 Å². The number of nitrogens with one attached hydrogen (secondary N) is 1. The van der Waals surface area contributed by atoms with Crippen LogP contribution in [-0.2, 0) is 11.8 Å². The normalized spacial score (nSPS) is 15.6. The first-order valence-electron chi connectivity index (χ1n) is 10.8. The summed E-state index contributed by atoms with van der Waals surface area (Å²) in [5, 5.41) is 12.8. The molecule has 1 saturated heterocycles. The Morgan fingerprint density at radius 1 is 1.12 bits per heavy atom. The van der Waals surface area contributed by atoms with Gasteiger partial charge in [0.25, 0.3) is 5.91 Å². The van der Waals surface area contributed by atoms with E-state index in [1.54, 1.807) is 24.3 Å². The number of nitrogens with zero attached hydrogens (tertiary/aromatic N) is 4. The number of halogens is 1. The van der Waals surface area contributed by atoms with Gasteiger partial charge in [-0.2, -0.15) is 0 Å². The van der Waals surface area contributed by atoms with Crippen molar-refractivity contribution in [1.82, 2.24) is 19.7 Å². The van der Waals surface area contributed by atoms with Crippen LogP contribution in [0.4, 0.5) is 5.69 Å². The number of anilines is 1. The van der Waals surface area contributed by atoms with E-state index < -0.39 is 0 Å². The average molecular weight is 484 g/mol. The van der Waals surface area contributed by atoms with Gasteiger partial charge in [-0.3, -0.25) is 9.59 Å². The van der Waals surface area contributed by atoms with E-state index in [0.717, 1.165) is 35.5 Å². The Hall–Kier alpha value is -2.84. The molecule has 0 bridgehead atoms. The Kier molecular flexibility index (Phi) is 7.05. The van der Waals surface area contributed by atoms with Gasteiger partial charge in [0.05, 0.1) is 11.8 Å². The third kappa shape index (κ3) is 5.39. The predicted octanol–water partition coefficient (Wildman–Crippen LogP) is 4.79. The Bertz CT molecular complexity index is 1160. The Labute approximate surface area is 202 Å². The van der Waals surface area contributed by atoms with Crippen LogP contribution in [0.5, 0.6) is 0 Å². The lowest BCUT2D eigenvalue weighted by Gasteiger charge is -2.24. The number of likely N-dealkylation sites (tertiary alicyclic amines) is 1. The molecule has 9 heteroatoms. The summed E-state index contributed by atoms with van der Waals surface area (Å²) in [4.78, 5) is 27.4. The highest BCUT2D eigenvalue weighted by Gasteiger charge is 2.34. The Balaban J connectivity index is 1.42. The summed E-state index contributed by atoms with van der Waals surface area (Å²) in [7, 11) is 1.88. The van der Waals surface area contributed by atoms with Gasteiger partial charge in [0, 0.05) is 29.9 Å². The van der Waals surface area contributed by atoms with E-state index in [1.807, 2.05) is 42.5 Å². The number of rotatable bonds is 6. The molecule has 0 radical (unpaired) electrons. The molecule has 4 rings (SSSR count). The van der Waals surface area contributed by atoms with E-state index in [0.29, 0.717) is 22.3 Å². The smallest absolute Gasteiger partial charge is 0.254 e. The van der Waals surface area contributed by atoms with Gasteiger partial charge in [-0.05, 0) is 74.2 Å². The summed E-state index contributed by atoms with van der Waals surface area (Å²) in [6.45, 7) is 4.67. The lowest BCUT2D eigenvalue weighted by Crippen LogP contribution is -2.31. The van der Waals surface area contributed by atoms with E-state index in [4.69, 9.17) is 11.6 Å². The molecule has 1 aliphatic heterocycles. The summed E-state index contributed by atoms with van der Waals surface area (Å²) in [6.07, 6.45) is 1.72. The molecule has 1 N–H and O–H groups in total. The second-order valence-corrected chi connectivity index (χ2v) is 9.66. The number of aromatic nitrogens is 3. The zero-order valence-electron chi connectivity index (χ0n) is 18.8. The van der Waals surface area contributed by atoms with Crippen molar-refractivity contribution in [1.29, 1.82) is 0 Å². The third-order valence-corrected chi connectivity index (χ3v) is 6.88. The third-order valence-electron chi connectivity index (χ3n) is 5.61. The van der Waals surface area contributed by atoms with Gasteiger partial charge in [-0.1, -0.05) is 29.4 Å². The first kappa shape index (κ1) is 23.3. The first-order valence-corrected chi connectivity index (χ1v) is 12.1. The molecule has 1 aliphatic rings. The molecular formula is C24H26ClN5O2S. The number of carbonyl (C=O) groups is 2. The van der Waals surface area contributed by atoms with E-state index in [-0.39, 0.29) is 23.6 Å². The van der Waals surface area contributed by atoms with E-state index in [1.165, 1.54) is 11.8 Å². The van der Waals surface area contributed by atoms with Gasteiger partial charge >= 0.3 is 0 Å². The van der Waals surface area contributed by atoms with Crippen LogP contribution in [0.25, 0.3) is 0 Å². The number of benzene rings is 2. The molecule has 3 aromatic rings. The minimum absolute atomic E-state index is 0.0424. The van der Waals surface area contributed by atoms with Gasteiger partial charge in [-0.15, -0.1) is 10.2 Å². The van der Waals surface area contributed by atoms with Crippen LogP contribution in [-0.4, -0.2) is 43.8 Å². The second kappa shape index (κ2) is 9.97. The lowest BCUT2D eigenvalue weighted by atomic mass is 10.1. The maximum atomic E-state index is 13.1. The number of hydrogen-bond acceptors (Lipinski definition) is 5. The number of aryl methyl sites for hydroxylation is 2. The first-order chi connectivity index (χ1) is 15.8. The summed E-state index contributed by atoms with van der Waals surface area (Å²) in [6, 6.07) is 12.7. The van der Waals surface area contributed by atoms with E-state index in [2.05, 4.69) is 21.6 Å². The van der Waals surface area contributed by atoms with Crippen LogP contribution in [0.2, 0.25) is 5.02 Å². The van der Waals surface area contributed by atoms with Gasteiger partial charge in [-0.25, -0.2) is 0 Å². The molecule has 1 fully saturated rings. The van der Waals surface area contributed by atoms with Crippen molar-refractivity contribution >= 4 is 40.9 Å². The highest BCUT2D eigenvalue weighted by atomic mass is 35.5. The molecule has 1 aromatic heterocycles. The molecular weight excluding hydrogens is 458 g/mol. The molecule has 2 aromatic carbocycles. The van der Waals surface area contributed by atoms with Crippen molar-refractivity contribution in [2.24, 2.45) is 7.05 Å². The average Bonchev–Trinajstić information content (AvgIpc) is 3.38. The van der Waals surface area contributed by atoms with Crippen molar-refractivity contribution in [3.8, 4) is 0 Å². The van der Waals surface area contributed by atoms with Crippen molar-refractivity contribution in [3.05, 3.63) is 70.0 Å². The van der Waals surface area contributed by atoms with Gasteiger partial charge in [0.15, 0.2) is 11.0 Å². The Morgan fingerprint density at radius 3 is 2.52 bits per heavy atom. The zero-order valence-corrected chi connectivity index (χ0v) is 20.4. The number of thioether (sulfide) groups is 1. The molecule has 0 spiro atoms. The molecule has 33 heavy (non-hydrogen) atoms. The number of amides is 2. The molecule has 1 atom stereocenters. The topological polar surface area (TPSA) is 80.1 Å². The quantitative estimate of drug-likeness (QED) is 0.510. The van der Waals surface area contributed by atoms with Crippen molar-refractivity contribution < 1.29 is 9.59 Å². The van der Waals surface area contributed by atoms with Crippen LogP contribution < -0.4 is 5.32 Å². The van der Waals surface area contributed by atoms with Crippen LogP contribution in [0.15, 0.2) is 47.6 Å². The lowest BCUT2D eigenvalue weighted by molar-refractivity contribution is -0.113. The minimum atomic E-state index is -0.149. The van der Waals surface area contributed by atoms with Crippen LogP contribution >= 0.6 is 23.4 Å². The monoisotopic (exact) mass is 483 g/mol. The fourth-order valence-electron chi connectivity index (χ4n) is 4.15. The van der Waals surface area contributed by atoms with Crippen LogP contribution in [0.3, 0.4) is 0 Å². The maximum Gasteiger partial charge on any atom is 0.254 e.